The Balaban J connectivity index is 1.67. The maximum atomic E-state index is 12.4. The van der Waals surface area contributed by atoms with Gasteiger partial charge in [-0.2, -0.15) is 0 Å². The lowest BCUT2D eigenvalue weighted by molar-refractivity contribution is -0.123. The fourth-order valence-electron chi connectivity index (χ4n) is 2.59. The fraction of sp³-hybridized carbons (Fsp3) is 0.250. The highest BCUT2D eigenvalue weighted by Crippen LogP contribution is 2.31. The number of benzene rings is 2. The molecule has 0 aliphatic carbocycles. The van der Waals surface area contributed by atoms with Crippen molar-refractivity contribution in [3.05, 3.63) is 52.5 Å². The summed E-state index contributed by atoms with van der Waals surface area (Å²) in [6.45, 7) is 3.33. The molecule has 2 aromatic rings. The largest absolute Gasteiger partial charge is 0.449 e. The molecule has 28 heavy (non-hydrogen) atoms. The summed E-state index contributed by atoms with van der Waals surface area (Å²) in [7, 11) is 0. The summed E-state index contributed by atoms with van der Waals surface area (Å²) >= 11 is 7.50. The van der Waals surface area contributed by atoms with Crippen LogP contribution in [0.5, 0.6) is 0 Å². The van der Waals surface area contributed by atoms with E-state index in [1.54, 1.807) is 48.2 Å². The first-order valence-electron chi connectivity index (χ1n) is 8.68. The van der Waals surface area contributed by atoms with Gasteiger partial charge in [0.05, 0.1) is 11.3 Å². The van der Waals surface area contributed by atoms with Crippen molar-refractivity contribution in [1.82, 2.24) is 0 Å². The number of carbonyl (C=O) groups excluding carboxylic acids is 3. The molecule has 2 amide bonds. The monoisotopic (exact) mass is 418 g/mol. The van der Waals surface area contributed by atoms with Crippen molar-refractivity contribution in [2.75, 3.05) is 16.4 Å². The molecule has 0 saturated carbocycles. The van der Waals surface area contributed by atoms with Gasteiger partial charge in [0.15, 0.2) is 6.10 Å². The number of amides is 2. The Kier molecular flexibility index (Phi) is 6.26. The number of thioether (sulfide) groups is 1. The van der Waals surface area contributed by atoms with E-state index in [-0.39, 0.29) is 11.5 Å². The molecule has 0 saturated heterocycles. The third kappa shape index (κ3) is 4.85. The third-order valence-corrected chi connectivity index (χ3v) is 5.50. The number of anilines is 2. The second-order valence-corrected chi connectivity index (χ2v) is 7.93. The van der Waals surface area contributed by atoms with Gasteiger partial charge in [0, 0.05) is 27.8 Å². The predicted molar refractivity (Wildman–Crippen MR) is 110 cm³/mol. The van der Waals surface area contributed by atoms with Crippen molar-refractivity contribution in [2.45, 2.75) is 31.3 Å². The summed E-state index contributed by atoms with van der Waals surface area (Å²) in [5.41, 5.74) is 2.24. The normalized spacial score (nSPS) is 14.3. The molecular formula is C20H19ClN2O4S. The maximum Gasteiger partial charge on any atom is 0.338 e. The molecule has 0 unspecified atom stereocenters. The van der Waals surface area contributed by atoms with Gasteiger partial charge in [0.1, 0.15) is 0 Å². The summed E-state index contributed by atoms with van der Waals surface area (Å²) in [6, 6.07) is 10.1. The Bertz CT molecular complexity index is 948. The standard InChI is InChI=1S/C20H19ClN2O4S/c1-11-3-5-14(21)10-15(11)23-19(25)12(2)27-20(26)13-4-6-17-16(9-13)22-18(24)7-8-28-17/h3-6,9-10,12H,7-8H2,1-2H3,(H,22,24)(H,23,25)/t12-/m0/s1. The smallest absolute Gasteiger partial charge is 0.338 e. The lowest BCUT2D eigenvalue weighted by Crippen LogP contribution is -2.30. The molecular weight excluding hydrogens is 400 g/mol. The van der Waals surface area contributed by atoms with E-state index in [0.717, 1.165) is 10.5 Å². The van der Waals surface area contributed by atoms with Crippen LogP contribution in [0.15, 0.2) is 41.3 Å². The van der Waals surface area contributed by atoms with Crippen LogP contribution < -0.4 is 10.6 Å². The molecule has 0 radical (unpaired) electrons. The molecule has 1 atom stereocenters. The summed E-state index contributed by atoms with van der Waals surface area (Å²) in [5.74, 6) is -0.515. The van der Waals surface area contributed by atoms with Gasteiger partial charge >= 0.3 is 5.97 Å². The van der Waals surface area contributed by atoms with Gasteiger partial charge in [-0.05, 0) is 49.7 Å². The SMILES string of the molecule is Cc1ccc(Cl)cc1NC(=O)[C@H](C)OC(=O)c1ccc2c(c1)NC(=O)CCS2. The molecule has 6 nitrogen and oxygen atoms in total. The van der Waals surface area contributed by atoms with Gasteiger partial charge in [0.25, 0.3) is 5.91 Å². The summed E-state index contributed by atoms with van der Waals surface area (Å²) < 4.78 is 5.29. The zero-order chi connectivity index (χ0) is 20.3. The Morgan fingerprint density at radius 2 is 2.04 bits per heavy atom. The number of esters is 1. The number of hydrogen-bond acceptors (Lipinski definition) is 5. The molecule has 0 bridgehead atoms. The number of carbonyl (C=O) groups is 3. The molecule has 2 aromatic carbocycles. The van der Waals surface area contributed by atoms with Crippen LogP contribution in [-0.2, 0) is 14.3 Å². The maximum absolute atomic E-state index is 12.4. The van der Waals surface area contributed by atoms with Crippen molar-refractivity contribution >= 4 is 52.5 Å². The first kappa shape index (κ1) is 20.2. The van der Waals surface area contributed by atoms with E-state index in [2.05, 4.69) is 10.6 Å². The second-order valence-electron chi connectivity index (χ2n) is 6.35. The molecule has 146 valence electrons. The highest BCUT2D eigenvalue weighted by Gasteiger charge is 2.21. The topological polar surface area (TPSA) is 84.5 Å². The fourth-order valence-corrected chi connectivity index (χ4v) is 3.70. The van der Waals surface area contributed by atoms with Gasteiger partial charge < -0.3 is 15.4 Å². The van der Waals surface area contributed by atoms with Crippen LogP contribution in [0.25, 0.3) is 0 Å². The van der Waals surface area contributed by atoms with Crippen LogP contribution in [0.1, 0.15) is 29.3 Å². The lowest BCUT2D eigenvalue weighted by Gasteiger charge is -2.15. The Morgan fingerprint density at radius 1 is 1.25 bits per heavy atom. The number of nitrogens with one attached hydrogen (secondary N) is 2. The highest BCUT2D eigenvalue weighted by molar-refractivity contribution is 7.99. The lowest BCUT2D eigenvalue weighted by atomic mass is 10.2. The van der Waals surface area contributed by atoms with Gasteiger partial charge in [-0.1, -0.05) is 17.7 Å². The van der Waals surface area contributed by atoms with E-state index in [0.29, 0.717) is 28.6 Å². The first-order valence-corrected chi connectivity index (χ1v) is 10.0. The van der Waals surface area contributed by atoms with Crippen molar-refractivity contribution in [3.63, 3.8) is 0 Å². The van der Waals surface area contributed by atoms with Crippen LogP contribution in [0.2, 0.25) is 5.02 Å². The number of halogens is 1. The molecule has 1 aliphatic heterocycles. The van der Waals surface area contributed by atoms with E-state index in [1.807, 2.05) is 6.92 Å². The van der Waals surface area contributed by atoms with Crippen LogP contribution in [-0.4, -0.2) is 29.6 Å². The number of hydrogen-bond donors (Lipinski definition) is 2. The van der Waals surface area contributed by atoms with Gasteiger partial charge in [0.2, 0.25) is 5.91 Å². The van der Waals surface area contributed by atoms with E-state index >= 15 is 0 Å². The minimum absolute atomic E-state index is 0.0959. The molecule has 2 N–H and O–H groups in total. The van der Waals surface area contributed by atoms with Gasteiger partial charge in [-0.3, -0.25) is 9.59 Å². The molecule has 8 heteroatoms. The van der Waals surface area contributed by atoms with Crippen molar-refractivity contribution < 1.29 is 19.1 Å². The number of aryl methyl sites for hydroxylation is 1. The minimum Gasteiger partial charge on any atom is -0.449 e. The molecule has 0 spiro atoms. The average Bonchev–Trinajstić information content (AvgIpc) is 2.84. The predicted octanol–water partition coefficient (Wildman–Crippen LogP) is 4.27. The zero-order valence-electron chi connectivity index (χ0n) is 15.4. The van der Waals surface area contributed by atoms with E-state index < -0.39 is 18.0 Å². The first-order chi connectivity index (χ1) is 13.3. The molecule has 0 fully saturated rings. The molecule has 3 rings (SSSR count). The third-order valence-electron chi connectivity index (χ3n) is 4.19. The summed E-state index contributed by atoms with van der Waals surface area (Å²) in [6.07, 6.45) is -0.590. The number of rotatable bonds is 4. The van der Waals surface area contributed by atoms with Crippen molar-refractivity contribution in [1.29, 1.82) is 0 Å². The van der Waals surface area contributed by atoms with Crippen molar-refractivity contribution in [3.8, 4) is 0 Å². The van der Waals surface area contributed by atoms with Crippen LogP contribution in [0.3, 0.4) is 0 Å². The quantitative estimate of drug-likeness (QED) is 0.724. The van der Waals surface area contributed by atoms with E-state index in [1.165, 1.54) is 6.92 Å². The Morgan fingerprint density at radius 3 is 2.82 bits per heavy atom. The van der Waals surface area contributed by atoms with Gasteiger partial charge in [-0.25, -0.2) is 4.79 Å². The van der Waals surface area contributed by atoms with E-state index in [4.69, 9.17) is 16.3 Å². The van der Waals surface area contributed by atoms with Crippen LogP contribution in [0, 0.1) is 6.92 Å². The number of fused-ring (bicyclic) bond motifs is 1. The van der Waals surface area contributed by atoms with Crippen LogP contribution in [0.4, 0.5) is 11.4 Å². The minimum atomic E-state index is -1.01. The van der Waals surface area contributed by atoms with Crippen molar-refractivity contribution in [2.24, 2.45) is 0 Å². The summed E-state index contributed by atoms with van der Waals surface area (Å²) in [4.78, 5) is 37.4. The Hall–Kier alpha value is -2.51. The Labute approximate surface area is 172 Å². The second kappa shape index (κ2) is 8.67. The average molecular weight is 419 g/mol. The number of ether oxygens (including phenoxy) is 1. The van der Waals surface area contributed by atoms with E-state index in [9.17, 15) is 14.4 Å². The molecule has 0 aromatic heterocycles. The molecule has 1 heterocycles. The summed E-state index contributed by atoms with van der Waals surface area (Å²) in [5, 5.41) is 5.99. The molecule has 1 aliphatic rings. The highest BCUT2D eigenvalue weighted by atomic mass is 35.5. The van der Waals surface area contributed by atoms with Crippen LogP contribution >= 0.6 is 23.4 Å². The van der Waals surface area contributed by atoms with Gasteiger partial charge in [-0.15, -0.1) is 11.8 Å². The zero-order valence-corrected chi connectivity index (χ0v) is 16.9.